The Morgan fingerprint density at radius 1 is 1.14 bits per heavy atom. The van der Waals surface area contributed by atoms with Crippen LogP contribution in [0.4, 0.5) is 13.2 Å². The zero-order valence-electron chi connectivity index (χ0n) is 20.0. The van der Waals surface area contributed by atoms with Crippen molar-refractivity contribution in [1.82, 2.24) is 20.2 Å². The van der Waals surface area contributed by atoms with Crippen molar-refractivity contribution in [2.24, 2.45) is 11.8 Å². The zero-order chi connectivity index (χ0) is 24.9. The van der Waals surface area contributed by atoms with Gasteiger partial charge in [0.25, 0.3) is 5.91 Å². The fourth-order valence-electron chi connectivity index (χ4n) is 5.81. The molecule has 2 saturated carbocycles. The lowest BCUT2D eigenvalue weighted by Crippen LogP contribution is -2.60. The Labute approximate surface area is 201 Å². The molecule has 3 aromatic rings. The number of ether oxygens (including phenoxy) is 1. The second kappa shape index (κ2) is 9.18. The molecule has 2 aliphatic carbocycles. The van der Waals surface area contributed by atoms with Gasteiger partial charge in [0.2, 0.25) is 5.88 Å². The number of nitrogens with zero attached hydrogens (tertiary/aromatic N) is 2. The van der Waals surface area contributed by atoms with Crippen molar-refractivity contribution >= 4 is 11.4 Å². The number of halogens is 3. The first kappa shape index (κ1) is 23.7. The van der Waals surface area contributed by atoms with Crippen LogP contribution >= 0.6 is 0 Å². The zero-order valence-corrected chi connectivity index (χ0v) is 20.0. The summed E-state index contributed by atoms with van der Waals surface area (Å²) in [6.45, 7) is 3.05. The molecule has 186 valence electrons. The van der Waals surface area contributed by atoms with Crippen LogP contribution in [0.15, 0.2) is 24.3 Å². The number of aryl methyl sites for hydroxylation is 2. The molecule has 0 bridgehead atoms. The molecular weight excluding hydrogens is 457 g/mol. The molecule has 6 nitrogen and oxygen atoms in total. The van der Waals surface area contributed by atoms with Gasteiger partial charge in [-0.05, 0) is 75.8 Å². The smallest absolute Gasteiger partial charge is 0.255 e. The minimum Gasteiger partial charge on any atom is -0.473 e. The van der Waals surface area contributed by atoms with Crippen molar-refractivity contribution in [2.75, 3.05) is 7.05 Å². The first-order valence-corrected chi connectivity index (χ1v) is 12.0. The molecule has 0 spiro atoms. The predicted molar refractivity (Wildman–Crippen MR) is 125 cm³/mol. The van der Waals surface area contributed by atoms with E-state index in [-0.39, 0.29) is 17.8 Å². The summed E-state index contributed by atoms with van der Waals surface area (Å²) in [5.41, 5.74) is 1.79. The van der Waals surface area contributed by atoms with E-state index in [1.807, 2.05) is 20.0 Å². The van der Waals surface area contributed by atoms with Crippen molar-refractivity contribution in [2.45, 2.75) is 58.2 Å². The van der Waals surface area contributed by atoms with E-state index in [4.69, 9.17) is 4.74 Å². The summed E-state index contributed by atoms with van der Waals surface area (Å²) >= 11 is 0. The van der Waals surface area contributed by atoms with E-state index in [9.17, 15) is 18.0 Å². The van der Waals surface area contributed by atoms with Gasteiger partial charge in [-0.1, -0.05) is 6.42 Å². The molecular formula is C26H29F3N4O2. The Balaban J connectivity index is 1.40. The summed E-state index contributed by atoms with van der Waals surface area (Å²) in [5.74, 6) is -2.25. The van der Waals surface area contributed by atoms with Crippen LogP contribution in [-0.4, -0.2) is 34.7 Å². The second-order valence-corrected chi connectivity index (χ2v) is 9.72. The normalized spacial score (nSPS) is 23.6. The summed E-state index contributed by atoms with van der Waals surface area (Å²) in [6.07, 6.45) is 4.51. The van der Waals surface area contributed by atoms with Gasteiger partial charge in [0, 0.05) is 18.2 Å². The first-order chi connectivity index (χ1) is 16.8. The van der Waals surface area contributed by atoms with Crippen molar-refractivity contribution in [3.05, 3.63) is 64.1 Å². The molecule has 0 aliphatic heterocycles. The van der Waals surface area contributed by atoms with Crippen LogP contribution in [0, 0.1) is 43.1 Å². The lowest BCUT2D eigenvalue weighted by atomic mass is 9.60. The highest BCUT2D eigenvalue weighted by molar-refractivity contribution is 6.02. The highest BCUT2D eigenvalue weighted by Gasteiger charge is 2.47. The van der Waals surface area contributed by atoms with Gasteiger partial charge in [0.1, 0.15) is 12.4 Å². The maximum absolute atomic E-state index is 14.1. The van der Waals surface area contributed by atoms with Crippen LogP contribution in [0.2, 0.25) is 0 Å². The molecule has 2 aromatic heterocycles. The quantitative estimate of drug-likeness (QED) is 0.505. The monoisotopic (exact) mass is 486 g/mol. The fraction of sp³-hybridized carbons (Fsp3) is 0.462. The Hall–Kier alpha value is -3.07. The molecule has 1 aromatic carbocycles. The van der Waals surface area contributed by atoms with Crippen LogP contribution in [0.3, 0.4) is 0 Å². The Morgan fingerprint density at radius 3 is 2.69 bits per heavy atom. The number of hydrogen-bond donors (Lipinski definition) is 2. The largest absolute Gasteiger partial charge is 0.473 e. The summed E-state index contributed by atoms with van der Waals surface area (Å²) < 4.78 is 48.9. The van der Waals surface area contributed by atoms with Gasteiger partial charge in [-0.15, -0.1) is 0 Å². The molecule has 4 atom stereocenters. The van der Waals surface area contributed by atoms with E-state index in [0.29, 0.717) is 34.7 Å². The maximum atomic E-state index is 14.1. The van der Waals surface area contributed by atoms with E-state index in [1.54, 1.807) is 13.0 Å². The third-order valence-corrected chi connectivity index (χ3v) is 7.56. The topological polar surface area (TPSA) is 67.7 Å². The molecule has 4 unspecified atom stereocenters. The molecule has 2 heterocycles. The van der Waals surface area contributed by atoms with Crippen LogP contribution < -0.4 is 15.4 Å². The molecule has 1 amide bonds. The van der Waals surface area contributed by atoms with E-state index < -0.39 is 29.6 Å². The fourth-order valence-corrected chi connectivity index (χ4v) is 5.81. The van der Waals surface area contributed by atoms with Gasteiger partial charge in [0.05, 0.1) is 22.3 Å². The van der Waals surface area contributed by atoms with Crippen LogP contribution in [-0.2, 0) is 6.61 Å². The van der Waals surface area contributed by atoms with Gasteiger partial charge in [-0.25, -0.2) is 13.2 Å². The van der Waals surface area contributed by atoms with E-state index in [1.165, 1.54) is 17.4 Å². The number of fused-ring (bicyclic) bond motifs is 2. The van der Waals surface area contributed by atoms with Crippen LogP contribution in [0.1, 0.15) is 52.9 Å². The first-order valence-electron chi connectivity index (χ1n) is 12.0. The number of rotatable bonds is 6. The summed E-state index contributed by atoms with van der Waals surface area (Å²) in [6, 6.07) is 5.59. The molecule has 2 aliphatic rings. The SMILES string of the molecule is CNC1CCCC2CC(NC(=O)c3c(C)nn4c(OCc5c(F)ccc(F)c5F)cc(C)cc34)C21. The highest BCUT2D eigenvalue weighted by Crippen LogP contribution is 2.45. The van der Waals surface area contributed by atoms with E-state index >= 15 is 0 Å². The molecule has 0 saturated heterocycles. The summed E-state index contributed by atoms with van der Waals surface area (Å²) in [5, 5.41) is 11.1. The predicted octanol–water partition coefficient (Wildman–Crippen LogP) is 4.45. The lowest BCUT2D eigenvalue weighted by Gasteiger charge is -2.52. The van der Waals surface area contributed by atoms with Crippen molar-refractivity contribution in [3.8, 4) is 5.88 Å². The number of hydrogen-bond acceptors (Lipinski definition) is 4. The number of carbonyl (C=O) groups is 1. The molecule has 5 rings (SSSR count). The Morgan fingerprint density at radius 2 is 1.91 bits per heavy atom. The standard InChI is InChI=1S/C26H29F3N4O2/c1-13-9-21-23(26(34)31-20-11-15-5-4-6-19(30-3)24(15)20)14(2)32-33(21)22(10-13)35-12-16-17(27)7-8-18(28)25(16)29/h7-10,15,19-20,24,30H,4-6,11-12H2,1-3H3,(H,31,34). The lowest BCUT2D eigenvalue weighted by molar-refractivity contribution is 0.0295. The summed E-state index contributed by atoms with van der Waals surface area (Å²) in [4.78, 5) is 13.4. The summed E-state index contributed by atoms with van der Waals surface area (Å²) in [7, 11) is 1.98. The molecule has 2 N–H and O–H groups in total. The number of carbonyl (C=O) groups excluding carboxylic acids is 1. The Bertz CT molecular complexity index is 1290. The van der Waals surface area contributed by atoms with Crippen molar-refractivity contribution in [1.29, 1.82) is 0 Å². The van der Waals surface area contributed by atoms with Crippen LogP contribution in [0.25, 0.3) is 5.52 Å². The average Bonchev–Trinajstić information content (AvgIpc) is 3.15. The number of benzene rings is 1. The van der Waals surface area contributed by atoms with E-state index in [0.717, 1.165) is 30.5 Å². The van der Waals surface area contributed by atoms with Gasteiger partial charge in [0.15, 0.2) is 11.6 Å². The van der Waals surface area contributed by atoms with Gasteiger partial charge in [-0.3, -0.25) is 4.79 Å². The number of amides is 1. The third kappa shape index (κ3) is 4.16. The van der Waals surface area contributed by atoms with Crippen molar-refractivity contribution in [3.63, 3.8) is 0 Å². The third-order valence-electron chi connectivity index (χ3n) is 7.56. The van der Waals surface area contributed by atoms with Gasteiger partial charge >= 0.3 is 0 Å². The van der Waals surface area contributed by atoms with Gasteiger partial charge < -0.3 is 15.4 Å². The molecule has 9 heteroatoms. The molecule has 2 fully saturated rings. The van der Waals surface area contributed by atoms with Gasteiger partial charge in [-0.2, -0.15) is 9.61 Å². The molecule has 0 radical (unpaired) electrons. The maximum Gasteiger partial charge on any atom is 0.255 e. The minimum atomic E-state index is -1.29. The number of nitrogens with one attached hydrogen (secondary N) is 2. The molecule has 35 heavy (non-hydrogen) atoms. The second-order valence-electron chi connectivity index (χ2n) is 9.72. The number of pyridine rings is 1. The average molecular weight is 487 g/mol. The van der Waals surface area contributed by atoms with Crippen LogP contribution in [0.5, 0.6) is 5.88 Å². The van der Waals surface area contributed by atoms with E-state index in [2.05, 4.69) is 15.7 Å². The van der Waals surface area contributed by atoms with Crippen molar-refractivity contribution < 1.29 is 22.7 Å². The number of aromatic nitrogens is 2. The minimum absolute atomic E-state index is 0.110. The Kier molecular flexibility index (Phi) is 6.21. The highest BCUT2D eigenvalue weighted by atomic mass is 19.2.